The van der Waals surface area contributed by atoms with Gasteiger partial charge >= 0.3 is 0 Å². The lowest BCUT2D eigenvalue weighted by molar-refractivity contribution is 1.26. The van der Waals surface area contributed by atoms with Crippen LogP contribution in [-0.2, 0) is 0 Å². The van der Waals surface area contributed by atoms with Crippen LogP contribution in [0, 0.1) is 0 Å². The number of fused-ring (bicyclic) bond motifs is 5. The Bertz CT molecular complexity index is 2870. The highest BCUT2D eigenvalue weighted by Crippen LogP contribution is 2.47. The second-order valence-corrected chi connectivity index (χ2v) is 14.5. The predicted octanol–water partition coefficient (Wildman–Crippen LogP) is 15.0. The summed E-state index contributed by atoms with van der Waals surface area (Å²) in [4.78, 5) is 4.82. The molecule has 0 saturated carbocycles. The van der Waals surface area contributed by atoms with Crippen LogP contribution in [-0.4, -0.2) is 0 Å². The number of thiophene rings is 1. The lowest BCUT2D eigenvalue weighted by atomic mass is 9.97. The van der Waals surface area contributed by atoms with Crippen LogP contribution in [0.15, 0.2) is 206 Å². The van der Waals surface area contributed by atoms with Crippen LogP contribution >= 0.6 is 11.3 Å². The molecule has 0 bridgehead atoms. The van der Waals surface area contributed by atoms with E-state index < -0.39 is 0 Å². The van der Waals surface area contributed by atoms with E-state index in [0.29, 0.717) is 0 Å². The van der Waals surface area contributed by atoms with Crippen molar-refractivity contribution in [3.63, 3.8) is 0 Å². The van der Waals surface area contributed by atoms with Gasteiger partial charge in [0, 0.05) is 54.0 Å². The van der Waals surface area contributed by atoms with E-state index in [1.54, 1.807) is 0 Å². The van der Waals surface area contributed by atoms with Crippen LogP contribution in [0.5, 0.6) is 0 Å². The van der Waals surface area contributed by atoms with Crippen molar-refractivity contribution < 1.29 is 0 Å². The molecule has 10 rings (SSSR count). The zero-order valence-corrected chi connectivity index (χ0v) is 29.7. The lowest BCUT2D eigenvalue weighted by Gasteiger charge is -2.31. The maximum absolute atomic E-state index is 2.45. The number of hydrogen-bond donors (Lipinski definition) is 0. The van der Waals surface area contributed by atoms with Gasteiger partial charge in [0.15, 0.2) is 0 Å². The van der Waals surface area contributed by atoms with Gasteiger partial charge in [-0.2, -0.15) is 0 Å². The van der Waals surface area contributed by atoms with E-state index in [2.05, 4.69) is 216 Å². The largest absolute Gasteiger partial charge is 0.310 e. The monoisotopic (exact) mass is 694 g/mol. The molecule has 2 nitrogen and oxygen atoms in total. The van der Waals surface area contributed by atoms with E-state index in [-0.39, 0.29) is 0 Å². The highest BCUT2D eigenvalue weighted by atomic mass is 32.1. The van der Waals surface area contributed by atoms with Crippen LogP contribution in [0.25, 0.3) is 52.8 Å². The van der Waals surface area contributed by atoms with Gasteiger partial charge in [0.05, 0.1) is 5.69 Å². The summed E-state index contributed by atoms with van der Waals surface area (Å²) >= 11 is 1.86. The SMILES string of the molecule is c1ccc(N(c2ccccc2)c2cc(-c3cccc4sc5ccccc5c34)cc(N(c3ccc4ccccc4c3)c3cccc4ccccc34)c2)cc1. The molecule has 1 aromatic heterocycles. The lowest BCUT2D eigenvalue weighted by Crippen LogP contribution is -2.14. The number of hydrogen-bond acceptors (Lipinski definition) is 3. The Morgan fingerprint density at radius 2 is 0.906 bits per heavy atom. The van der Waals surface area contributed by atoms with Crippen molar-refractivity contribution in [3.05, 3.63) is 206 Å². The highest BCUT2D eigenvalue weighted by molar-refractivity contribution is 7.25. The summed E-state index contributed by atoms with van der Waals surface area (Å²) in [6, 6.07) is 74.8. The van der Waals surface area contributed by atoms with Gasteiger partial charge in [0.1, 0.15) is 0 Å². The summed E-state index contributed by atoms with van der Waals surface area (Å²) in [6.07, 6.45) is 0. The molecule has 250 valence electrons. The summed E-state index contributed by atoms with van der Waals surface area (Å²) in [5, 5.41) is 7.42. The fourth-order valence-corrected chi connectivity index (χ4v) is 8.90. The van der Waals surface area contributed by atoms with Crippen LogP contribution < -0.4 is 9.80 Å². The molecule has 10 aromatic rings. The van der Waals surface area contributed by atoms with E-state index in [0.717, 1.165) is 39.7 Å². The predicted molar refractivity (Wildman–Crippen MR) is 229 cm³/mol. The molecule has 0 unspecified atom stereocenters. The quantitative estimate of drug-likeness (QED) is 0.164. The maximum Gasteiger partial charge on any atom is 0.0540 e. The van der Waals surface area contributed by atoms with Gasteiger partial charge in [-0.1, -0.05) is 133 Å². The third-order valence-electron chi connectivity index (χ3n) is 10.2. The Morgan fingerprint density at radius 1 is 0.321 bits per heavy atom. The Kier molecular flexibility index (Phi) is 7.71. The van der Waals surface area contributed by atoms with Gasteiger partial charge in [-0.25, -0.2) is 0 Å². The molecular weight excluding hydrogens is 661 g/mol. The summed E-state index contributed by atoms with van der Waals surface area (Å²) in [7, 11) is 0. The molecule has 3 heteroatoms. The second-order valence-electron chi connectivity index (χ2n) is 13.4. The Morgan fingerprint density at radius 3 is 1.68 bits per heavy atom. The van der Waals surface area contributed by atoms with E-state index in [9.17, 15) is 0 Å². The molecule has 9 aromatic carbocycles. The standard InChI is InChI=1S/C50H34N2S/c1-3-19-39(20-4-1)51(40-21-5-2-6-22-40)42-32-38(45-25-14-28-49-50(45)46-24-11-12-27-48(46)53-49)33-43(34-42)52(41-30-29-35-15-7-8-17-37(35)31-41)47-26-13-18-36-16-9-10-23-44(36)47/h1-34H. The summed E-state index contributed by atoms with van der Waals surface area (Å²) in [5.41, 5.74) is 8.98. The topological polar surface area (TPSA) is 6.48 Å². The van der Waals surface area contributed by atoms with Gasteiger partial charge in [-0.05, 0) is 100 Å². The van der Waals surface area contributed by atoms with Crippen LogP contribution in [0.2, 0.25) is 0 Å². The number of benzene rings is 9. The molecular formula is C50H34N2S. The third kappa shape index (κ3) is 5.59. The first-order valence-electron chi connectivity index (χ1n) is 18.0. The average Bonchev–Trinajstić information content (AvgIpc) is 3.61. The summed E-state index contributed by atoms with van der Waals surface area (Å²) in [6.45, 7) is 0. The van der Waals surface area contributed by atoms with Crippen molar-refractivity contribution in [3.8, 4) is 11.1 Å². The number of rotatable bonds is 7. The van der Waals surface area contributed by atoms with E-state index in [1.165, 1.54) is 47.3 Å². The van der Waals surface area contributed by atoms with Crippen molar-refractivity contribution >= 4 is 87.2 Å². The van der Waals surface area contributed by atoms with Crippen LogP contribution in [0.1, 0.15) is 0 Å². The molecule has 0 aliphatic heterocycles. The second kappa shape index (κ2) is 13.1. The fraction of sp³-hybridized carbons (Fsp3) is 0. The molecule has 0 amide bonds. The fourth-order valence-electron chi connectivity index (χ4n) is 7.77. The first kappa shape index (κ1) is 31.1. The van der Waals surface area contributed by atoms with Crippen molar-refractivity contribution in [2.75, 3.05) is 9.80 Å². The van der Waals surface area contributed by atoms with E-state index in [4.69, 9.17) is 0 Å². The van der Waals surface area contributed by atoms with Gasteiger partial charge in [0.2, 0.25) is 0 Å². The molecule has 53 heavy (non-hydrogen) atoms. The number of para-hydroxylation sites is 2. The Labute approximate surface area is 313 Å². The molecule has 0 atom stereocenters. The molecule has 0 aliphatic carbocycles. The number of nitrogens with zero attached hydrogens (tertiary/aromatic N) is 2. The van der Waals surface area contributed by atoms with Crippen molar-refractivity contribution in [2.45, 2.75) is 0 Å². The number of anilines is 6. The van der Waals surface area contributed by atoms with Gasteiger partial charge in [-0.15, -0.1) is 11.3 Å². The molecule has 0 fully saturated rings. The average molecular weight is 695 g/mol. The van der Waals surface area contributed by atoms with Crippen LogP contribution in [0.3, 0.4) is 0 Å². The Balaban J connectivity index is 1.30. The van der Waals surface area contributed by atoms with E-state index >= 15 is 0 Å². The first-order chi connectivity index (χ1) is 26.3. The smallest absolute Gasteiger partial charge is 0.0540 e. The highest BCUT2D eigenvalue weighted by Gasteiger charge is 2.22. The molecule has 1 heterocycles. The van der Waals surface area contributed by atoms with Gasteiger partial charge < -0.3 is 9.80 Å². The Hall–Kier alpha value is -6.68. The van der Waals surface area contributed by atoms with Crippen molar-refractivity contribution in [2.24, 2.45) is 0 Å². The molecule has 0 radical (unpaired) electrons. The van der Waals surface area contributed by atoms with Crippen molar-refractivity contribution in [1.82, 2.24) is 0 Å². The molecule has 0 N–H and O–H groups in total. The van der Waals surface area contributed by atoms with Gasteiger partial charge in [-0.3, -0.25) is 0 Å². The zero-order valence-electron chi connectivity index (χ0n) is 28.9. The molecule has 0 aliphatic rings. The van der Waals surface area contributed by atoms with Crippen molar-refractivity contribution in [1.29, 1.82) is 0 Å². The minimum absolute atomic E-state index is 1.08. The maximum atomic E-state index is 2.45. The minimum Gasteiger partial charge on any atom is -0.310 e. The van der Waals surface area contributed by atoms with Gasteiger partial charge in [0.25, 0.3) is 0 Å². The molecule has 0 spiro atoms. The third-order valence-corrected chi connectivity index (χ3v) is 11.3. The minimum atomic E-state index is 1.08. The normalized spacial score (nSPS) is 11.4. The van der Waals surface area contributed by atoms with Crippen LogP contribution in [0.4, 0.5) is 34.1 Å². The summed E-state index contributed by atoms with van der Waals surface area (Å²) < 4.78 is 2.59. The van der Waals surface area contributed by atoms with E-state index in [1.807, 2.05) is 11.3 Å². The molecule has 0 saturated heterocycles. The first-order valence-corrected chi connectivity index (χ1v) is 18.8. The summed E-state index contributed by atoms with van der Waals surface area (Å²) in [5.74, 6) is 0. The zero-order chi connectivity index (χ0) is 35.1.